The maximum Gasteiger partial charge on any atom is 0.307 e. The van der Waals surface area contributed by atoms with E-state index in [0.717, 1.165) is 29.9 Å². The molecule has 0 fully saturated rings. The molecular weight excluding hydrogens is 270 g/mol. The van der Waals surface area contributed by atoms with Crippen molar-refractivity contribution in [3.63, 3.8) is 0 Å². The van der Waals surface area contributed by atoms with Crippen LogP contribution >= 0.6 is 0 Å². The monoisotopic (exact) mass is 295 g/mol. The molecule has 5 heteroatoms. The summed E-state index contributed by atoms with van der Waals surface area (Å²) in [5, 5.41) is 9.03. The van der Waals surface area contributed by atoms with Gasteiger partial charge >= 0.3 is 5.97 Å². The average Bonchev–Trinajstić information content (AvgIpc) is 2.49. The van der Waals surface area contributed by atoms with Gasteiger partial charge in [0.05, 0.1) is 20.1 Å². The van der Waals surface area contributed by atoms with E-state index >= 15 is 0 Å². The molecule has 1 aromatic carbocycles. The zero-order chi connectivity index (χ0) is 15.8. The molecule has 0 amide bonds. The summed E-state index contributed by atoms with van der Waals surface area (Å²) >= 11 is 0. The van der Waals surface area contributed by atoms with Gasteiger partial charge in [0.1, 0.15) is 11.5 Å². The zero-order valence-corrected chi connectivity index (χ0v) is 13.0. The lowest BCUT2D eigenvalue weighted by atomic mass is 9.91. The third-order valence-electron chi connectivity index (χ3n) is 3.72. The molecule has 1 aromatic rings. The Hall–Kier alpha value is -1.75. The molecule has 21 heavy (non-hydrogen) atoms. The third kappa shape index (κ3) is 5.27. The lowest BCUT2D eigenvalue weighted by molar-refractivity contribution is -0.141. The summed E-state index contributed by atoms with van der Waals surface area (Å²) in [5.41, 5.74) is 6.59. The fraction of sp³-hybridized carbons (Fsp3) is 0.562. The van der Waals surface area contributed by atoms with Crippen molar-refractivity contribution in [1.82, 2.24) is 0 Å². The van der Waals surface area contributed by atoms with Crippen molar-refractivity contribution in [1.29, 1.82) is 0 Å². The van der Waals surface area contributed by atoms with Gasteiger partial charge in [-0.15, -0.1) is 0 Å². The number of hydrogen-bond donors (Lipinski definition) is 2. The molecule has 1 rings (SSSR count). The SMILES string of the molecule is COc1ccc(CCC(C)CC(CN)C(=O)O)c(OC)c1. The zero-order valence-electron chi connectivity index (χ0n) is 13.0. The van der Waals surface area contributed by atoms with E-state index in [1.807, 2.05) is 18.2 Å². The van der Waals surface area contributed by atoms with Crippen LogP contribution in [-0.2, 0) is 11.2 Å². The predicted octanol–water partition coefficient (Wildman–Crippen LogP) is 2.32. The molecule has 0 saturated heterocycles. The van der Waals surface area contributed by atoms with Crippen LogP contribution in [-0.4, -0.2) is 31.8 Å². The van der Waals surface area contributed by atoms with Crippen LogP contribution in [0.15, 0.2) is 18.2 Å². The van der Waals surface area contributed by atoms with Crippen molar-refractivity contribution in [2.24, 2.45) is 17.6 Å². The Balaban J connectivity index is 2.60. The Kier molecular flexibility index (Phi) is 7.02. The van der Waals surface area contributed by atoms with Gasteiger partial charge in [0, 0.05) is 12.6 Å². The molecule has 2 unspecified atom stereocenters. The number of carboxylic acids is 1. The number of nitrogens with two attached hydrogens (primary N) is 1. The summed E-state index contributed by atoms with van der Waals surface area (Å²) in [6.07, 6.45) is 2.34. The number of carboxylic acid groups (broad SMARTS) is 1. The minimum atomic E-state index is -0.814. The highest BCUT2D eigenvalue weighted by Gasteiger charge is 2.19. The van der Waals surface area contributed by atoms with Crippen molar-refractivity contribution in [2.75, 3.05) is 20.8 Å². The summed E-state index contributed by atoms with van der Waals surface area (Å²) in [4.78, 5) is 11.0. The number of aryl methyl sites for hydroxylation is 1. The molecule has 118 valence electrons. The maximum absolute atomic E-state index is 11.0. The number of ether oxygens (including phenoxy) is 2. The van der Waals surface area contributed by atoms with Crippen LogP contribution in [0.3, 0.4) is 0 Å². The molecule has 3 N–H and O–H groups in total. The average molecular weight is 295 g/mol. The molecule has 0 aliphatic carbocycles. The summed E-state index contributed by atoms with van der Waals surface area (Å²) in [5.74, 6) is 0.582. The Labute approximate surface area is 126 Å². The lowest BCUT2D eigenvalue weighted by Crippen LogP contribution is -2.25. The van der Waals surface area contributed by atoms with Crippen molar-refractivity contribution in [2.45, 2.75) is 26.2 Å². The Morgan fingerprint density at radius 3 is 2.57 bits per heavy atom. The molecule has 0 aliphatic rings. The largest absolute Gasteiger partial charge is 0.497 e. The summed E-state index contributed by atoms with van der Waals surface area (Å²) in [6.45, 7) is 2.24. The summed E-state index contributed by atoms with van der Waals surface area (Å²) in [7, 11) is 3.26. The molecule has 0 bridgehead atoms. The maximum atomic E-state index is 11.0. The first-order chi connectivity index (χ1) is 10.0. The molecule has 5 nitrogen and oxygen atoms in total. The van der Waals surface area contributed by atoms with Gasteiger partial charge in [-0.25, -0.2) is 0 Å². The molecule has 0 spiro atoms. The smallest absolute Gasteiger partial charge is 0.307 e. The van der Waals surface area contributed by atoms with Gasteiger partial charge in [-0.3, -0.25) is 4.79 Å². The quantitative estimate of drug-likeness (QED) is 0.730. The Morgan fingerprint density at radius 1 is 1.33 bits per heavy atom. The molecule has 0 aromatic heterocycles. The fourth-order valence-corrected chi connectivity index (χ4v) is 2.36. The summed E-state index contributed by atoms with van der Waals surface area (Å²) < 4.78 is 10.5. The topological polar surface area (TPSA) is 81.8 Å². The molecule has 0 heterocycles. The first-order valence-corrected chi connectivity index (χ1v) is 7.15. The normalized spacial score (nSPS) is 13.5. The molecule has 2 atom stereocenters. The van der Waals surface area contributed by atoms with E-state index in [9.17, 15) is 4.79 Å². The Morgan fingerprint density at radius 2 is 2.05 bits per heavy atom. The number of benzene rings is 1. The molecule has 0 radical (unpaired) electrons. The van der Waals surface area contributed by atoms with Crippen LogP contribution in [0.5, 0.6) is 11.5 Å². The standard InChI is InChI=1S/C16H25NO4/c1-11(8-13(10-17)16(18)19)4-5-12-6-7-14(20-2)9-15(12)21-3/h6-7,9,11,13H,4-5,8,10,17H2,1-3H3,(H,18,19). The minimum absolute atomic E-state index is 0.186. The minimum Gasteiger partial charge on any atom is -0.497 e. The van der Waals surface area contributed by atoms with Crippen LogP contribution in [0, 0.1) is 11.8 Å². The van der Waals surface area contributed by atoms with Crippen LogP contribution in [0.4, 0.5) is 0 Å². The highest BCUT2D eigenvalue weighted by Crippen LogP contribution is 2.27. The van der Waals surface area contributed by atoms with Crippen molar-refractivity contribution in [3.8, 4) is 11.5 Å². The van der Waals surface area contributed by atoms with Gasteiger partial charge < -0.3 is 20.3 Å². The second-order valence-corrected chi connectivity index (χ2v) is 5.33. The van der Waals surface area contributed by atoms with E-state index in [1.165, 1.54) is 0 Å². The van der Waals surface area contributed by atoms with Gasteiger partial charge in [0.25, 0.3) is 0 Å². The summed E-state index contributed by atoms with van der Waals surface area (Å²) in [6, 6.07) is 5.75. The predicted molar refractivity (Wildman–Crippen MR) is 81.8 cm³/mol. The van der Waals surface area contributed by atoms with Crippen LogP contribution < -0.4 is 15.2 Å². The van der Waals surface area contributed by atoms with E-state index in [1.54, 1.807) is 14.2 Å². The molecule has 0 aliphatic heterocycles. The number of aliphatic carboxylic acids is 1. The third-order valence-corrected chi connectivity index (χ3v) is 3.72. The van der Waals surface area contributed by atoms with Crippen molar-refractivity contribution < 1.29 is 19.4 Å². The van der Waals surface area contributed by atoms with Gasteiger partial charge in [-0.1, -0.05) is 13.0 Å². The van der Waals surface area contributed by atoms with Gasteiger partial charge in [0.15, 0.2) is 0 Å². The van der Waals surface area contributed by atoms with Crippen LogP contribution in [0.25, 0.3) is 0 Å². The Bertz CT molecular complexity index is 462. The second-order valence-electron chi connectivity index (χ2n) is 5.33. The van der Waals surface area contributed by atoms with E-state index in [0.29, 0.717) is 12.3 Å². The molecule has 0 saturated carbocycles. The van der Waals surface area contributed by atoms with Crippen molar-refractivity contribution in [3.05, 3.63) is 23.8 Å². The first kappa shape index (κ1) is 17.3. The molecular formula is C16H25NO4. The number of hydrogen-bond acceptors (Lipinski definition) is 4. The van der Waals surface area contributed by atoms with Gasteiger partial charge in [-0.05, 0) is 36.8 Å². The van der Waals surface area contributed by atoms with Crippen molar-refractivity contribution >= 4 is 5.97 Å². The van der Waals surface area contributed by atoms with E-state index in [4.69, 9.17) is 20.3 Å². The van der Waals surface area contributed by atoms with Crippen LogP contribution in [0.1, 0.15) is 25.3 Å². The van der Waals surface area contributed by atoms with Crippen LogP contribution in [0.2, 0.25) is 0 Å². The van der Waals surface area contributed by atoms with Gasteiger partial charge in [0.2, 0.25) is 0 Å². The fourth-order valence-electron chi connectivity index (χ4n) is 2.36. The number of carbonyl (C=O) groups is 1. The second kappa shape index (κ2) is 8.52. The highest BCUT2D eigenvalue weighted by molar-refractivity contribution is 5.70. The first-order valence-electron chi connectivity index (χ1n) is 7.15. The lowest BCUT2D eigenvalue weighted by Gasteiger charge is -2.17. The van der Waals surface area contributed by atoms with E-state index in [2.05, 4.69) is 6.92 Å². The number of rotatable bonds is 9. The highest BCUT2D eigenvalue weighted by atomic mass is 16.5. The van der Waals surface area contributed by atoms with Gasteiger partial charge in [-0.2, -0.15) is 0 Å². The van der Waals surface area contributed by atoms with E-state index < -0.39 is 11.9 Å². The van der Waals surface area contributed by atoms with E-state index in [-0.39, 0.29) is 6.54 Å². The number of methoxy groups -OCH3 is 2.